The third kappa shape index (κ3) is 2.92. The van der Waals surface area contributed by atoms with Crippen molar-refractivity contribution in [3.63, 3.8) is 0 Å². The van der Waals surface area contributed by atoms with Crippen molar-refractivity contribution < 1.29 is 0 Å². The summed E-state index contributed by atoms with van der Waals surface area (Å²) in [7, 11) is 0. The molecule has 0 spiro atoms. The predicted molar refractivity (Wildman–Crippen MR) is 73.5 cm³/mol. The van der Waals surface area contributed by atoms with E-state index in [0.29, 0.717) is 0 Å². The van der Waals surface area contributed by atoms with Gasteiger partial charge < -0.3 is 0 Å². The number of thioether (sulfide) groups is 1. The van der Waals surface area contributed by atoms with E-state index in [4.69, 9.17) is 0 Å². The summed E-state index contributed by atoms with van der Waals surface area (Å²) in [4.78, 5) is 5.50. The van der Waals surface area contributed by atoms with Gasteiger partial charge in [0.2, 0.25) is 0 Å². The molecule has 0 bridgehead atoms. The van der Waals surface area contributed by atoms with Crippen LogP contribution in [0.15, 0.2) is 29.8 Å². The molecule has 2 aromatic rings. The molecule has 0 saturated carbocycles. The van der Waals surface area contributed by atoms with Gasteiger partial charge in [0.1, 0.15) is 10.7 Å². The van der Waals surface area contributed by atoms with Gasteiger partial charge in [-0.05, 0) is 26.0 Å². The molecular weight excluding hydrogens is 250 g/mol. The van der Waals surface area contributed by atoms with Gasteiger partial charge in [-0.15, -0.1) is 39.9 Å². The van der Waals surface area contributed by atoms with Crippen LogP contribution in [0.1, 0.15) is 10.7 Å². The van der Waals surface area contributed by atoms with Crippen molar-refractivity contribution in [1.29, 1.82) is 0 Å². The molecule has 0 radical (unpaired) electrons. The monoisotopic (exact) mass is 263 g/mol. The highest BCUT2D eigenvalue weighted by molar-refractivity contribution is 7.99. The average molecular weight is 263 g/mol. The second-order valence-corrected chi connectivity index (χ2v) is 5.75. The van der Waals surface area contributed by atoms with E-state index in [1.54, 1.807) is 23.1 Å². The zero-order valence-corrected chi connectivity index (χ0v) is 11.4. The summed E-state index contributed by atoms with van der Waals surface area (Å²) in [5, 5.41) is 10.4. The molecule has 0 aliphatic rings. The fourth-order valence-electron chi connectivity index (χ4n) is 1.43. The first-order chi connectivity index (χ1) is 8.20. The third-order valence-electron chi connectivity index (χ3n) is 2.13. The Bertz CT molecular complexity index is 517. The van der Waals surface area contributed by atoms with Gasteiger partial charge in [-0.1, -0.05) is 6.08 Å². The van der Waals surface area contributed by atoms with E-state index in [2.05, 4.69) is 21.8 Å². The van der Waals surface area contributed by atoms with Crippen LogP contribution in [0.5, 0.6) is 0 Å². The summed E-state index contributed by atoms with van der Waals surface area (Å²) < 4.78 is 0. The number of aryl methyl sites for hydroxylation is 2. The Labute approximate surface area is 109 Å². The van der Waals surface area contributed by atoms with Crippen LogP contribution < -0.4 is 0 Å². The summed E-state index contributed by atoms with van der Waals surface area (Å²) in [5.74, 6) is 0.854. The van der Waals surface area contributed by atoms with Crippen LogP contribution in [0.2, 0.25) is 0 Å². The molecule has 88 valence electrons. The molecule has 0 amide bonds. The van der Waals surface area contributed by atoms with Crippen LogP contribution in [0.3, 0.4) is 0 Å². The summed E-state index contributed by atoms with van der Waals surface area (Å²) >= 11 is 3.28. The summed E-state index contributed by atoms with van der Waals surface area (Å²) in [6.45, 7) is 7.68. The lowest BCUT2D eigenvalue weighted by Gasteiger charge is -1.99. The molecule has 0 N–H and O–H groups in total. The highest BCUT2D eigenvalue weighted by atomic mass is 32.2. The fourth-order valence-corrected chi connectivity index (χ4v) is 2.87. The van der Waals surface area contributed by atoms with Gasteiger partial charge in [-0.25, -0.2) is 4.98 Å². The molecule has 0 aliphatic carbocycles. The van der Waals surface area contributed by atoms with Crippen LogP contribution >= 0.6 is 23.1 Å². The fraction of sp³-hybridized carbons (Fsp3) is 0.250. The van der Waals surface area contributed by atoms with E-state index < -0.39 is 0 Å². The Balaban J connectivity index is 2.23. The molecule has 0 aliphatic heterocycles. The van der Waals surface area contributed by atoms with Crippen molar-refractivity contribution >= 4 is 23.1 Å². The van der Waals surface area contributed by atoms with Crippen molar-refractivity contribution in [2.75, 3.05) is 5.75 Å². The number of rotatable bonds is 4. The molecule has 0 saturated heterocycles. The first-order valence-corrected chi connectivity index (χ1v) is 7.02. The molecule has 5 heteroatoms. The van der Waals surface area contributed by atoms with E-state index in [-0.39, 0.29) is 0 Å². The third-order valence-corrected chi connectivity index (χ3v) is 4.14. The summed E-state index contributed by atoms with van der Waals surface area (Å²) in [6, 6.07) is 3.99. The standard InChI is InChI=1S/C12H13N3S2/c1-4-7-16-11-6-5-10(14-15-11)12-8(2)13-9(3)17-12/h4-6H,1,7H2,2-3H3. The van der Waals surface area contributed by atoms with Gasteiger partial charge in [0.25, 0.3) is 0 Å². The smallest absolute Gasteiger partial charge is 0.119 e. The molecule has 3 nitrogen and oxygen atoms in total. The number of hydrogen-bond donors (Lipinski definition) is 0. The number of thiazole rings is 1. The zero-order valence-electron chi connectivity index (χ0n) is 9.80. The average Bonchev–Trinajstić information content (AvgIpc) is 2.66. The topological polar surface area (TPSA) is 38.7 Å². The second kappa shape index (κ2) is 5.42. The van der Waals surface area contributed by atoms with Crippen LogP contribution in [0, 0.1) is 13.8 Å². The lowest BCUT2D eigenvalue weighted by molar-refractivity contribution is 0.937. The van der Waals surface area contributed by atoms with E-state index in [1.165, 1.54) is 0 Å². The van der Waals surface area contributed by atoms with Crippen LogP contribution in [-0.4, -0.2) is 20.9 Å². The number of nitrogens with zero attached hydrogens (tertiary/aromatic N) is 3. The van der Waals surface area contributed by atoms with Crippen LogP contribution in [0.25, 0.3) is 10.6 Å². The van der Waals surface area contributed by atoms with Gasteiger partial charge >= 0.3 is 0 Å². The Hall–Kier alpha value is -1.20. The summed E-state index contributed by atoms with van der Waals surface area (Å²) in [5.41, 5.74) is 1.92. The molecule has 0 unspecified atom stereocenters. The highest BCUT2D eigenvalue weighted by Gasteiger charge is 2.09. The van der Waals surface area contributed by atoms with Crippen molar-refractivity contribution in [3.05, 3.63) is 35.5 Å². The van der Waals surface area contributed by atoms with Crippen molar-refractivity contribution in [2.24, 2.45) is 0 Å². The molecular formula is C12H13N3S2. The second-order valence-electron chi connectivity index (χ2n) is 3.50. The first-order valence-electron chi connectivity index (χ1n) is 5.22. The van der Waals surface area contributed by atoms with E-state index in [0.717, 1.165) is 32.1 Å². The van der Waals surface area contributed by atoms with Crippen LogP contribution in [-0.2, 0) is 0 Å². The van der Waals surface area contributed by atoms with E-state index in [9.17, 15) is 0 Å². The normalized spacial score (nSPS) is 10.5. The molecule has 17 heavy (non-hydrogen) atoms. The number of hydrogen-bond acceptors (Lipinski definition) is 5. The molecule has 0 atom stereocenters. The van der Waals surface area contributed by atoms with Gasteiger partial charge in [0.15, 0.2) is 0 Å². The lowest BCUT2D eigenvalue weighted by Crippen LogP contribution is -1.89. The van der Waals surface area contributed by atoms with Gasteiger partial charge in [0, 0.05) is 5.75 Å². The Morgan fingerprint density at radius 1 is 1.35 bits per heavy atom. The minimum atomic E-state index is 0.854. The maximum atomic E-state index is 4.39. The SMILES string of the molecule is C=CCSc1ccc(-c2sc(C)nc2C)nn1. The van der Waals surface area contributed by atoms with Gasteiger partial charge in [0.05, 0.1) is 15.6 Å². The maximum Gasteiger partial charge on any atom is 0.119 e. The van der Waals surface area contributed by atoms with Crippen LogP contribution in [0.4, 0.5) is 0 Å². The van der Waals surface area contributed by atoms with E-state index >= 15 is 0 Å². The maximum absolute atomic E-state index is 4.39. The number of aromatic nitrogens is 3. The molecule has 2 rings (SSSR count). The Morgan fingerprint density at radius 2 is 2.18 bits per heavy atom. The zero-order chi connectivity index (χ0) is 12.3. The molecule has 2 aromatic heterocycles. The minimum Gasteiger partial charge on any atom is -0.246 e. The minimum absolute atomic E-state index is 0.854. The van der Waals surface area contributed by atoms with Crippen molar-refractivity contribution in [2.45, 2.75) is 18.9 Å². The largest absolute Gasteiger partial charge is 0.246 e. The Morgan fingerprint density at radius 3 is 2.71 bits per heavy atom. The first kappa shape index (κ1) is 12.3. The highest BCUT2D eigenvalue weighted by Crippen LogP contribution is 2.28. The van der Waals surface area contributed by atoms with E-state index in [1.807, 2.05) is 32.1 Å². The quantitative estimate of drug-likeness (QED) is 0.625. The van der Waals surface area contributed by atoms with Crippen molar-refractivity contribution in [3.8, 4) is 10.6 Å². The molecule has 2 heterocycles. The van der Waals surface area contributed by atoms with Gasteiger partial charge in [-0.2, -0.15) is 0 Å². The molecule has 0 fully saturated rings. The Kier molecular flexibility index (Phi) is 3.91. The molecule has 0 aromatic carbocycles. The lowest BCUT2D eigenvalue weighted by atomic mass is 10.3. The van der Waals surface area contributed by atoms with Crippen molar-refractivity contribution in [1.82, 2.24) is 15.2 Å². The summed E-state index contributed by atoms with van der Waals surface area (Å²) in [6.07, 6.45) is 1.86. The van der Waals surface area contributed by atoms with Gasteiger partial charge in [-0.3, -0.25) is 0 Å². The predicted octanol–water partition coefficient (Wildman–Crippen LogP) is 3.50.